The zero-order valence-electron chi connectivity index (χ0n) is 10.00. The number of carbonyl (C=O) groups is 1. The Morgan fingerprint density at radius 3 is 2.94 bits per heavy atom. The standard InChI is InChI=1S/C12H17ClN2OS/c1-8(17-2)6-7-15-12(16)9-4-3-5-10(14)11(9)13/h3-5,8H,6-7,14H2,1-2H3,(H,15,16). The van der Waals surface area contributed by atoms with Gasteiger partial charge in [0, 0.05) is 11.8 Å². The molecule has 1 atom stereocenters. The average molecular weight is 273 g/mol. The second-order valence-corrected chi connectivity index (χ2v) is 5.45. The van der Waals surface area contributed by atoms with Gasteiger partial charge in [0.25, 0.3) is 5.91 Å². The SMILES string of the molecule is CSC(C)CCNC(=O)c1cccc(N)c1Cl. The first-order valence-corrected chi connectivity index (χ1v) is 7.07. The highest BCUT2D eigenvalue weighted by Crippen LogP contribution is 2.22. The lowest BCUT2D eigenvalue weighted by molar-refractivity contribution is 0.0953. The molecule has 3 nitrogen and oxygen atoms in total. The summed E-state index contributed by atoms with van der Waals surface area (Å²) in [5.74, 6) is -0.171. The maximum Gasteiger partial charge on any atom is 0.252 e. The number of nitrogen functional groups attached to an aromatic ring is 1. The Bertz CT molecular complexity index is 398. The number of hydrogen-bond acceptors (Lipinski definition) is 3. The molecule has 0 saturated carbocycles. The number of nitrogens with one attached hydrogen (secondary N) is 1. The maximum absolute atomic E-state index is 11.8. The lowest BCUT2D eigenvalue weighted by Crippen LogP contribution is -2.26. The number of hydrogen-bond donors (Lipinski definition) is 2. The van der Waals surface area contributed by atoms with Gasteiger partial charge in [-0.3, -0.25) is 4.79 Å². The number of rotatable bonds is 5. The smallest absolute Gasteiger partial charge is 0.252 e. The van der Waals surface area contributed by atoms with Gasteiger partial charge in [0.15, 0.2) is 0 Å². The molecule has 0 spiro atoms. The summed E-state index contributed by atoms with van der Waals surface area (Å²) in [4.78, 5) is 11.8. The Balaban J connectivity index is 2.56. The Morgan fingerprint density at radius 2 is 2.29 bits per heavy atom. The van der Waals surface area contributed by atoms with Crippen LogP contribution >= 0.6 is 23.4 Å². The largest absolute Gasteiger partial charge is 0.398 e. The molecule has 0 aromatic heterocycles. The summed E-state index contributed by atoms with van der Waals surface area (Å²) >= 11 is 7.75. The molecule has 0 aliphatic carbocycles. The monoisotopic (exact) mass is 272 g/mol. The lowest BCUT2D eigenvalue weighted by atomic mass is 10.2. The highest BCUT2D eigenvalue weighted by atomic mass is 35.5. The van der Waals surface area contributed by atoms with Crippen LogP contribution in [0.4, 0.5) is 5.69 Å². The van der Waals surface area contributed by atoms with Gasteiger partial charge in [-0.05, 0) is 24.8 Å². The van der Waals surface area contributed by atoms with Crippen molar-refractivity contribution in [2.24, 2.45) is 0 Å². The van der Waals surface area contributed by atoms with Gasteiger partial charge in [-0.15, -0.1) is 0 Å². The highest BCUT2D eigenvalue weighted by Gasteiger charge is 2.11. The van der Waals surface area contributed by atoms with E-state index in [-0.39, 0.29) is 5.91 Å². The molecular weight excluding hydrogens is 256 g/mol. The number of anilines is 1. The van der Waals surface area contributed by atoms with Crippen molar-refractivity contribution in [1.29, 1.82) is 0 Å². The Labute approximate surface area is 111 Å². The molecular formula is C12H17ClN2OS. The molecule has 17 heavy (non-hydrogen) atoms. The molecule has 94 valence electrons. The minimum atomic E-state index is -0.171. The van der Waals surface area contributed by atoms with Crippen molar-refractivity contribution in [2.45, 2.75) is 18.6 Å². The molecule has 1 unspecified atom stereocenters. The fourth-order valence-corrected chi connectivity index (χ4v) is 1.89. The van der Waals surface area contributed by atoms with Gasteiger partial charge < -0.3 is 11.1 Å². The first kappa shape index (κ1) is 14.2. The average Bonchev–Trinajstić information content (AvgIpc) is 2.32. The molecule has 1 amide bonds. The number of thioether (sulfide) groups is 1. The number of benzene rings is 1. The molecule has 3 N–H and O–H groups in total. The highest BCUT2D eigenvalue weighted by molar-refractivity contribution is 7.99. The van der Waals surface area contributed by atoms with Crippen molar-refractivity contribution in [3.63, 3.8) is 0 Å². The van der Waals surface area contributed by atoms with Gasteiger partial charge in [-0.2, -0.15) is 11.8 Å². The third-order valence-electron chi connectivity index (χ3n) is 2.51. The summed E-state index contributed by atoms with van der Waals surface area (Å²) in [7, 11) is 0. The van der Waals surface area contributed by atoms with E-state index in [2.05, 4.69) is 18.5 Å². The normalized spacial score (nSPS) is 12.2. The van der Waals surface area contributed by atoms with Crippen LogP contribution in [-0.2, 0) is 0 Å². The molecule has 0 aliphatic heterocycles. The summed E-state index contributed by atoms with van der Waals surface area (Å²) in [5.41, 5.74) is 6.50. The number of halogens is 1. The maximum atomic E-state index is 11.8. The van der Waals surface area contributed by atoms with E-state index in [1.807, 2.05) is 0 Å². The van der Waals surface area contributed by atoms with Crippen LogP contribution in [0.25, 0.3) is 0 Å². The molecule has 1 aromatic rings. The van der Waals surface area contributed by atoms with Crippen molar-refractivity contribution >= 4 is 35.0 Å². The van der Waals surface area contributed by atoms with Crippen LogP contribution in [-0.4, -0.2) is 24.0 Å². The third-order valence-corrected chi connectivity index (χ3v) is 3.97. The van der Waals surface area contributed by atoms with E-state index in [1.165, 1.54) is 0 Å². The summed E-state index contributed by atoms with van der Waals surface area (Å²) in [6.07, 6.45) is 2.99. The molecule has 0 radical (unpaired) electrons. The van der Waals surface area contributed by atoms with E-state index in [0.29, 0.717) is 28.1 Å². The topological polar surface area (TPSA) is 55.1 Å². The van der Waals surface area contributed by atoms with Crippen molar-refractivity contribution in [3.05, 3.63) is 28.8 Å². The van der Waals surface area contributed by atoms with Gasteiger partial charge in [-0.25, -0.2) is 0 Å². The number of nitrogens with two attached hydrogens (primary N) is 1. The third kappa shape index (κ3) is 4.13. The van der Waals surface area contributed by atoms with Crippen LogP contribution in [0, 0.1) is 0 Å². The van der Waals surface area contributed by atoms with Crippen LogP contribution in [0.15, 0.2) is 18.2 Å². The van der Waals surface area contributed by atoms with Gasteiger partial charge in [0.2, 0.25) is 0 Å². The predicted molar refractivity (Wildman–Crippen MR) is 75.8 cm³/mol. The van der Waals surface area contributed by atoms with Crippen LogP contribution in [0.3, 0.4) is 0 Å². The Kier molecular flexibility index (Phi) is 5.65. The van der Waals surface area contributed by atoms with Gasteiger partial charge in [0.05, 0.1) is 16.3 Å². The van der Waals surface area contributed by atoms with E-state index in [1.54, 1.807) is 30.0 Å². The van der Waals surface area contributed by atoms with Crippen molar-refractivity contribution in [1.82, 2.24) is 5.32 Å². The second-order valence-electron chi connectivity index (χ2n) is 3.80. The Morgan fingerprint density at radius 1 is 1.59 bits per heavy atom. The predicted octanol–water partition coefficient (Wildman–Crippen LogP) is 2.79. The number of carbonyl (C=O) groups excluding carboxylic acids is 1. The quantitative estimate of drug-likeness (QED) is 0.811. The lowest BCUT2D eigenvalue weighted by Gasteiger charge is -2.10. The summed E-state index contributed by atoms with van der Waals surface area (Å²) in [6, 6.07) is 5.07. The Hall–Kier alpha value is -0.870. The van der Waals surface area contributed by atoms with E-state index in [4.69, 9.17) is 17.3 Å². The van der Waals surface area contributed by atoms with Crippen LogP contribution < -0.4 is 11.1 Å². The first-order chi connectivity index (χ1) is 8.06. The molecule has 5 heteroatoms. The molecule has 0 saturated heterocycles. The fraction of sp³-hybridized carbons (Fsp3) is 0.417. The molecule has 0 aliphatic rings. The van der Waals surface area contributed by atoms with Crippen molar-refractivity contribution in [3.8, 4) is 0 Å². The summed E-state index contributed by atoms with van der Waals surface area (Å²) in [6.45, 7) is 2.77. The van der Waals surface area contributed by atoms with Crippen LogP contribution in [0.2, 0.25) is 5.02 Å². The van der Waals surface area contributed by atoms with Crippen LogP contribution in [0.1, 0.15) is 23.7 Å². The first-order valence-electron chi connectivity index (χ1n) is 5.41. The van der Waals surface area contributed by atoms with E-state index < -0.39 is 0 Å². The zero-order chi connectivity index (χ0) is 12.8. The van der Waals surface area contributed by atoms with Gasteiger partial charge >= 0.3 is 0 Å². The van der Waals surface area contributed by atoms with Crippen molar-refractivity contribution in [2.75, 3.05) is 18.5 Å². The van der Waals surface area contributed by atoms with E-state index in [0.717, 1.165) is 6.42 Å². The summed E-state index contributed by atoms with van der Waals surface area (Å²) in [5, 5.41) is 3.70. The number of amides is 1. The van der Waals surface area contributed by atoms with Crippen LogP contribution in [0.5, 0.6) is 0 Å². The van der Waals surface area contributed by atoms with Gasteiger partial charge in [-0.1, -0.05) is 24.6 Å². The van der Waals surface area contributed by atoms with E-state index in [9.17, 15) is 4.79 Å². The van der Waals surface area contributed by atoms with Gasteiger partial charge in [0.1, 0.15) is 0 Å². The van der Waals surface area contributed by atoms with Crippen molar-refractivity contribution < 1.29 is 4.79 Å². The zero-order valence-corrected chi connectivity index (χ0v) is 11.6. The summed E-state index contributed by atoms with van der Waals surface area (Å²) < 4.78 is 0. The molecule has 0 heterocycles. The minimum Gasteiger partial charge on any atom is -0.398 e. The molecule has 1 rings (SSSR count). The molecule has 1 aromatic carbocycles. The van der Waals surface area contributed by atoms with E-state index >= 15 is 0 Å². The second kappa shape index (κ2) is 6.77. The molecule has 0 bridgehead atoms. The molecule has 0 fully saturated rings. The fourth-order valence-electron chi connectivity index (χ4n) is 1.33. The minimum absolute atomic E-state index is 0.171.